The molecule has 0 aliphatic carbocycles. The third kappa shape index (κ3) is 4.18. The Morgan fingerprint density at radius 1 is 1.07 bits per heavy atom. The van der Waals surface area contributed by atoms with Crippen molar-refractivity contribution in [3.05, 3.63) is 92.9 Å². The van der Waals surface area contributed by atoms with E-state index in [1.165, 1.54) is 22.8 Å². The summed E-state index contributed by atoms with van der Waals surface area (Å²) >= 11 is 0. The van der Waals surface area contributed by atoms with Crippen LogP contribution in [0.25, 0.3) is 0 Å². The van der Waals surface area contributed by atoms with E-state index in [0.717, 1.165) is 23.8 Å². The van der Waals surface area contributed by atoms with Gasteiger partial charge in [-0.25, -0.2) is 8.42 Å². The molecular weight excluding hydrogens is 386 g/mol. The summed E-state index contributed by atoms with van der Waals surface area (Å²) in [5.74, 6) is -0.621. The number of nitro groups is 1. The lowest BCUT2D eigenvalue weighted by molar-refractivity contribution is -0.386. The van der Waals surface area contributed by atoms with Gasteiger partial charge in [-0.3, -0.25) is 19.6 Å². The predicted molar refractivity (Wildman–Crippen MR) is 102 cm³/mol. The van der Waals surface area contributed by atoms with Crippen molar-refractivity contribution in [2.45, 2.75) is 11.4 Å². The van der Waals surface area contributed by atoms with Gasteiger partial charge in [0, 0.05) is 24.0 Å². The second-order valence-corrected chi connectivity index (χ2v) is 7.56. The van der Waals surface area contributed by atoms with E-state index >= 15 is 0 Å². The fourth-order valence-corrected chi connectivity index (χ4v) is 3.58. The number of benzene rings is 2. The van der Waals surface area contributed by atoms with Crippen LogP contribution in [0.4, 0.5) is 11.4 Å². The van der Waals surface area contributed by atoms with Gasteiger partial charge in [-0.1, -0.05) is 18.2 Å². The van der Waals surface area contributed by atoms with Crippen LogP contribution in [-0.4, -0.2) is 23.0 Å². The number of hydrogen-bond acceptors (Lipinski definition) is 6. The number of rotatable bonds is 6. The molecule has 9 nitrogen and oxygen atoms in total. The summed E-state index contributed by atoms with van der Waals surface area (Å²) in [6, 6.07) is 14.0. The molecule has 2 aromatic carbocycles. The van der Waals surface area contributed by atoms with Crippen molar-refractivity contribution in [1.29, 1.82) is 0 Å². The Morgan fingerprint density at radius 2 is 1.79 bits per heavy atom. The molecule has 0 bridgehead atoms. The molecule has 28 heavy (non-hydrogen) atoms. The Bertz CT molecular complexity index is 1190. The van der Waals surface area contributed by atoms with Crippen molar-refractivity contribution in [3.8, 4) is 5.75 Å². The van der Waals surface area contributed by atoms with E-state index in [9.17, 15) is 28.4 Å². The van der Waals surface area contributed by atoms with Crippen LogP contribution in [0.2, 0.25) is 0 Å². The molecule has 0 amide bonds. The van der Waals surface area contributed by atoms with Gasteiger partial charge in [0.1, 0.15) is 0 Å². The van der Waals surface area contributed by atoms with Crippen LogP contribution >= 0.6 is 0 Å². The van der Waals surface area contributed by atoms with Crippen molar-refractivity contribution in [2.24, 2.45) is 0 Å². The molecule has 0 saturated heterocycles. The molecule has 0 spiro atoms. The van der Waals surface area contributed by atoms with E-state index in [2.05, 4.69) is 4.72 Å². The molecule has 3 rings (SSSR count). The standard InChI is InChI=1S/C18H15N3O6S/c22-17-9-8-15(11-16(17)21(24)25)28(26,27)19-14-6-4-13(5-7-14)12-20-10-2-1-3-18(20)23/h1-11,19,22H,12H2. The highest BCUT2D eigenvalue weighted by atomic mass is 32.2. The van der Waals surface area contributed by atoms with Crippen LogP contribution in [0.3, 0.4) is 0 Å². The summed E-state index contributed by atoms with van der Waals surface area (Å²) in [5.41, 5.74) is 0.184. The average Bonchev–Trinajstić information content (AvgIpc) is 2.65. The first-order chi connectivity index (χ1) is 13.3. The number of sulfonamides is 1. The third-order valence-corrected chi connectivity index (χ3v) is 5.29. The van der Waals surface area contributed by atoms with Crippen molar-refractivity contribution in [3.63, 3.8) is 0 Å². The van der Waals surface area contributed by atoms with Crippen LogP contribution in [-0.2, 0) is 16.6 Å². The number of anilines is 1. The molecule has 3 aromatic rings. The Morgan fingerprint density at radius 3 is 2.43 bits per heavy atom. The Kier molecular flexibility index (Phi) is 5.14. The van der Waals surface area contributed by atoms with Crippen molar-refractivity contribution >= 4 is 21.4 Å². The maximum Gasteiger partial charge on any atom is 0.312 e. The summed E-state index contributed by atoms with van der Waals surface area (Å²) in [6.45, 7) is 0.330. The fraction of sp³-hybridized carbons (Fsp3) is 0.0556. The molecule has 0 fully saturated rings. The number of pyridine rings is 1. The van der Waals surface area contributed by atoms with Gasteiger partial charge in [0.05, 0.1) is 16.4 Å². The first kappa shape index (κ1) is 19.1. The first-order valence-corrected chi connectivity index (χ1v) is 9.49. The summed E-state index contributed by atoms with van der Waals surface area (Å²) in [7, 11) is -4.09. The maximum atomic E-state index is 12.4. The van der Waals surface area contributed by atoms with Crippen LogP contribution in [0.15, 0.2) is 76.6 Å². The molecule has 0 atom stereocenters. The first-order valence-electron chi connectivity index (χ1n) is 8.01. The minimum Gasteiger partial charge on any atom is -0.502 e. The minimum atomic E-state index is -4.09. The molecule has 0 unspecified atom stereocenters. The lowest BCUT2D eigenvalue weighted by Gasteiger charge is -2.10. The molecule has 144 valence electrons. The molecule has 1 aromatic heterocycles. The average molecular weight is 401 g/mol. The number of phenols is 1. The summed E-state index contributed by atoms with van der Waals surface area (Å²) < 4.78 is 28.7. The molecular formula is C18H15N3O6S. The Hall–Kier alpha value is -3.66. The van der Waals surface area contributed by atoms with E-state index in [4.69, 9.17) is 0 Å². The zero-order valence-corrected chi connectivity index (χ0v) is 15.2. The smallest absolute Gasteiger partial charge is 0.312 e. The normalized spacial score (nSPS) is 11.1. The number of nitro benzene ring substituents is 1. The van der Waals surface area contributed by atoms with Gasteiger partial charge in [-0.05, 0) is 35.9 Å². The molecule has 1 heterocycles. The maximum absolute atomic E-state index is 12.4. The zero-order chi connectivity index (χ0) is 20.3. The van der Waals surface area contributed by atoms with Crippen LogP contribution in [0, 0.1) is 10.1 Å². The number of aromatic nitrogens is 1. The van der Waals surface area contributed by atoms with E-state index in [0.29, 0.717) is 6.54 Å². The van der Waals surface area contributed by atoms with Gasteiger partial charge < -0.3 is 9.67 Å². The quantitative estimate of drug-likeness (QED) is 0.481. The molecule has 0 saturated carbocycles. The number of nitrogens with zero attached hydrogens (tertiary/aromatic N) is 2. The molecule has 0 aliphatic heterocycles. The van der Waals surface area contributed by atoms with Crippen molar-refractivity contribution in [1.82, 2.24) is 4.57 Å². The number of phenolic OH excluding ortho intramolecular Hbond substituents is 1. The topological polar surface area (TPSA) is 132 Å². The third-order valence-electron chi connectivity index (χ3n) is 3.91. The van der Waals surface area contributed by atoms with E-state index < -0.39 is 26.4 Å². The number of aromatic hydroxyl groups is 1. The summed E-state index contributed by atoms with van der Waals surface area (Å²) in [4.78, 5) is 21.4. The van der Waals surface area contributed by atoms with Gasteiger partial charge in [-0.2, -0.15) is 0 Å². The number of hydrogen-bond donors (Lipinski definition) is 2. The van der Waals surface area contributed by atoms with E-state index in [1.54, 1.807) is 30.5 Å². The summed E-state index contributed by atoms with van der Waals surface area (Å²) in [6.07, 6.45) is 1.65. The van der Waals surface area contributed by atoms with Crippen LogP contribution < -0.4 is 10.3 Å². The largest absolute Gasteiger partial charge is 0.502 e. The van der Waals surface area contributed by atoms with E-state index in [1.807, 2.05) is 0 Å². The number of nitrogens with one attached hydrogen (secondary N) is 1. The zero-order valence-electron chi connectivity index (χ0n) is 14.3. The van der Waals surface area contributed by atoms with Crippen molar-refractivity contribution < 1.29 is 18.4 Å². The lowest BCUT2D eigenvalue weighted by Crippen LogP contribution is -2.18. The lowest BCUT2D eigenvalue weighted by atomic mass is 10.2. The van der Waals surface area contributed by atoms with Crippen LogP contribution in [0.5, 0.6) is 5.75 Å². The fourth-order valence-electron chi connectivity index (χ4n) is 2.50. The van der Waals surface area contributed by atoms with Gasteiger partial charge in [0.15, 0.2) is 5.75 Å². The van der Waals surface area contributed by atoms with Gasteiger partial charge in [-0.15, -0.1) is 0 Å². The Balaban J connectivity index is 1.80. The monoisotopic (exact) mass is 401 g/mol. The summed E-state index contributed by atoms with van der Waals surface area (Å²) in [5, 5.41) is 20.3. The Labute approximate surface area is 159 Å². The van der Waals surface area contributed by atoms with Gasteiger partial charge in [0.25, 0.3) is 15.6 Å². The molecule has 0 aliphatic rings. The molecule has 2 N–H and O–H groups in total. The highest BCUT2D eigenvalue weighted by Gasteiger charge is 2.21. The second kappa shape index (κ2) is 7.53. The highest BCUT2D eigenvalue weighted by Crippen LogP contribution is 2.29. The second-order valence-electron chi connectivity index (χ2n) is 5.88. The van der Waals surface area contributed by atoms with Gasteiger partial charge >= 0.3 is 5.69 Å². The molecule has 0 radical (unpaired) electrons. The van der Waals surface area contributed by atoms with Crippen LogP contribution in [0.1, 0.15) is 5.56 Å². The SMILES string of the molecule is O=c1ccccn1Cc1ccc(NS(=O)(=O)c2ccc(O)c([N+](=O)[O-])c2)cc1. The highest BCUT2D eigenvalue weighted by molar-refractivity contribution is 7.92. The van der Waals surface area contributed by atoms with Gasteiger partial charge in [0.2, 0.25) is 0 Å². The molecule has 10 heteroatoms. The van der Waals surface area contributed by atoms with Crippen molar-refractivity contribution in [2.75, 3.05) is 4.72 Å². The van der Waals surface area contributed by atoms with E-state index in [-0.39, 0.29) is 16.1 Å². The minimum absolute atomic E-state index is 0.152. The predicted octanol–water partition coefficient (Wildman–Crippen LogP) is 2.31.